The summed E-state index contributed by atoms with van der Waals surface area (Å²) in [5, 5.41) is 4.17. The smallest absolute Gasteiger partial charge is 0.193 e. The first-order valence-corrected chi connectivity index (χ1v) is 9.13. The van der Waals surface area contributed by atoms with E-state index in [0.717, 1.165) is 50.3 Å². The van der Waals surface area contributed by atoms with Crippen LogP contribution in [0.5, 0.6) is 0 Å². The number of nitrogens with zero attached hydrogens (tertiary/aromatic N) is 2. The zero-order valence-electron chi connectivity index (χ0n) is 15.7. The molecule has 0 spiro atoms. The number of benzene rings is 1. The van der Waals surface area contributed by atoms with E-state index in [0.29, 0.717) is 5.92 Å². The maximum absolute atomic E-state index is 6.00. The predicted octanol–water partition coefficient (Wildman–Crippen LogP) is 4.17. The number of aliphatic imine (C=N–C) groups is 1. The van der Waals surface area contributed by atoms with Crippen LogP contribution in [0.2, 0.25) is 5.02 Å². The quantitative estimate of drug-likeness (QED) is 0.378. The highest BCUT2D eigenvalue weighted by Crippen LogP contribution is 2.25. The summed E-state index contributed by atoms with van der Waals surface area (Å²) in [6.07, 6.45) is 1.14. The summed E-state index contributed by atoms with van der Waals surface area (Å²) in [5.74, 6) is 1.56. The third kappa shape index (κ3) is 6.94. The average molecular weight is 480 g/mol. The Bertz CT molecular complexity index is 542. The summed E-state index contributed by atoms with van der Waals surface area (Å²) < 4.78 is 5.48. The zero-order chi connectivity index (χ0) is 17.6. The summed E-state index contributed by atoms with van der Waals surface area (Å²) in [5.41, 5.74) is 1.21. The van der Waals surface area contributed by atoms with Crippen LogP contribution < -0.4 is 5.32 Å². The Labute approximate surface area is 174 Å². The van der Waals surface area contributed by atoms with E-state index in [2.05, 4.69) is 50.2 Å². The molecule has 0 bridgehead atoms. The fraction of sp³-hybridized carbons (Fsp3) is 0.632. The lowest BCUT2D eigenvalue weighted by molar-refractivity contribution is 0.181. The highest BCUT2D eigenvalue weighted by Gasteiger charge is 2.22. The van der Waals surface area contributed by atoms with Crippen molar-refractivity contribution in [2.24, 2.45) is 10.9 Å². The van der Waals surface area contributed by atoms with Crippen LogP contribution in [0.15, 0.2) is 29.3 Å². The molecule has 2 rings (SSSR count). The molecule has 0 aliphatic carbocycles. The zero-order valence-corrected chi connectivity index (χ0v) is 18.8. The van der Waals surface area contributed by atoms with Gasteiger partial charge in [-0.15, -0.1) is 24.0 Å². The minimum Gasteiger partial charge on any atom is -0.381 e. The minimum absolute atomic E-state index is 0. The molecule has 1 unspecified atom stereocenters. The van der Waals surface area contributed by atoms with E-state index in [-0.39, 0.29) is 29.4 Å². The van der Waals surface area contributed by atoms with E-state index < -0.39 is 0 Å². The van der Waals surface area contributed by atoms with Crippen LogP contribution in [-0.2, 0) is 10.2 Å². The molecule has 6 heteroatoms. The molecule has 1 atom stereocenters. The monoisotopic (exact) mass is 479 g/mol. The van der Waals surface area contributed by atoms with Gasteiger partial charge in [0, 0.05) is 43.1 Å². The normalized spacial score (nSPS) is 18.0. The summed E-state index contributed by atoms with van der Waals surface area (Å²) in [6, 6.07) is 8.06. The van der Waals surface area contributed by atoms with Gasteiger partial charge in [-0.25, -0.2) is 0 Å². The Balaban J connectivity index is 0.00000312. The van der Waals surface area contributed by atoms with Crippen LogP contribution in [0, 0.1) is 5.92 Å². The fourth-order valence-corrected chi connectivity index (χ4v) is 3.06. The van der Waals surface area contributed by atoms with Crippen LogP contribution in [0.4, 0.5) is 0 Å². The summed E-state index contributed by atoms with van der Waals surface area (Å²) in [6.45, 7) is 10.9. The van der Waals surface area contributed by atoms with Crippen molar-refractivity contribution in [3.8, 4) is 0 Å². The molecule has 1 fully saturated rings. The van der Waals surface area contributed by atoms with Crippen LogP contribution >= 0.6 is 35.6 Å². The maximum atomic E-state index is 6.00. The second-order valence-corrected chi connectivity index (χ2v) is 7.61. The first-order valence-electron chi connectivity index (χ1n) is 8.75. The van der Waals surface area contributed by atoms with Crippen LogP contribution in [0.25, 0.3) is 0 Å². The number of ether oxygens (including phenoxy) is 1. The van der Waals surface area contributed by atoms with Crippen molar-refractivity contribution in [1.82, 2.24) is 10.2 Å². The number of nitrogens with one attached hydrogen (secondary N) is 1. The van der Waals surface area contributed by atoms with Gasteiger partial charge in [-0.1, -0.05) is 37.6 Å². The average Bonchev–Trinajstić information content (AvgIpc) is 3.04. The molecule has 142 valence electrons. The van der Waals surface area contributed by atoms with Crippen molar-refractivity contribution < 1.29 is 4.74 Å². The van der Waals surface area contributed by atoms with Crippen molar-refractivity contribution in [1.29, 1.82) is 0 Å². The first kappa shape index (κ1) is 22.5. The molecule has 1 saturated heterocycles. The minimum atomic E-state index is -0.0391. The second-order valence-electron chi connectivity index (χ2n) is 7.17. The van der Waals surface area contributed by atoms with Crippen LogP contribution in [0.3, 0.4) is 0 Å². The fourth-order valence-electron chi connectivity index (χ4n) is 2.94. The van der Waals surface area contributed by atoms with Gasteiger partial charge in [-0.2, -0.15) is 0 Å². The number of hydrogen-bond donors (Lipinski definition) is 1. The van der Waals surface area contributed by atoms with E-state index in [9.17, 15) is 0 Å². The lowest BCUT2D eigenvalue weighted by atomic mass is 9.85. The SMILES string of the molecule is CCNC(=NCC(C)(C)c1ccc(Cl)cc1)N(C)CC1CCOC1.I. The molecule has 0 aromatic heterocycles. The van der Waals surface area contributed by atoms with Gasteiger partial charge in [-0.05, 0) is 31.0 Å². The Morgan fingerprint density at radius 1 is 1.36 bits per heavy atom. The number of guanidine groups is 1. The van der Waals surface area contributed by atoms with Gasteiger partial charge in [0.2, 0.25) is 0 Å². The molecule has 0 radical (unpaired) electrons. The van der Waals surface area contributed by atoms with Gasteiger partial charge in [0.15, 0.2) is 5.96 Å². The molecule has 1 aromatic rings. The van der Waals surface area contributed by atoms with Crippen molar-refractivity contribution in [3.63, 3.8) is 0 Å². The van der Waals surface area contributed by atoms with Crippen LogP contribution in [-0.4, -0.2) is 50.8 Å². The van der Waals surface area contributed by atoms with Crippen molar-refractivity contribution in [3.05, 3.63) is 34.9 Å². The van der Waals surface area contributed by atoms with Crippen LogP contribution in [0.1, 0.15) is 32.8 Å². The second kappa shape index (κ2) is 10.6. The van der Waals surface area contributed by atoms with Crippen molar-refractivity contribution in [2.75, 3.05) is 39.9 Å². The molecule has 1 aliphatic heterocycles. The molecule has 1 heterocycles. The Morgan fingerprint density at radius 2 is 2.04 bits per heavy atom. The standard InChI is InChI=1S/C19H30ClN3O.HI/c1-5-21-18(23(4)12-15-10-11-24-13-15)22-14-19(2,3)16-6-8-17(20)9-7-16;/h6-9,15H,5,10-14H2,1-4H3,(H,21,22);1H. The van der Waals surface area contributed by atoms with Gasteiger partial charge in [0.05, 0.1) is 13.2 Å². The van der Waals surface area contributed by atoms with Gasteiger partial charge < -0.3 is 15.0 Å². The lowest BCUT2D eigenvalue weighted by Gasteiger charge is -2.27. The van der Waals surface area contributed by atoms with E-state index in [1.807, 2.05) is 12.1 Å². The Morgan fingerprint density at radius 3 is 2.60 bits per heavy atom. The predicted molar refractivity (Wildman–Crippen MR) is 117 cm³/mol. The van der Waals surface area contributed by atoms with E-state index in [1.54, 1.807) is 0 Å². The lowest BCUT2D eigenvalue weighted by Crippen LogP contribution is -2.42. The van der Waals surface area contributed by atoms with E-state index >= 15 is 0 Å². The third-order valence-electron chi connectivity index (χ3n) is 4.50. The molecule has 0 amide bonds. The van der Waals surface area contributed by atoms with Crippen molar-refractivity contribution >= 4 is 41.5 Å². The van der Waals surface area contributed by atoms with E-state index in [1.165, 1.54) is 5.56 Å². The molecule has 4 nitrogen and oxygen atoms in total. The summed E-state index contributed by atoms with van der Waals surface area (Å²) >= 11 is 6.00. The molecule has 1 aromatic carbocycles. The summed E-state index contributed by atoms with van der Waals surface area (Å²) in [7, 11) is 2.11. The topological polar surface area (TPSA) is 36.9 Å². The van der Waals surface area contributed by atoms with E-state index in [4.69, 9.17) is 21.3 Å². The molecule has 0 saturated carbocycles. The molecular formula is C19H31ClIN3O. The Hall–Kier alpha value is -0.530. The number of hydrogen-bond acceptors (Lipinski definition) is 2. The van der Waals surface area contributed by atoms with Crippen molar-refractivity contribution in [2.45, 2.75) is 32.6 Å². The number of halogens is 2. The molecular weight excluding hydrogens is 449 g/mol. The molecule has 1 aliphatic rings. The Kier molecular flexibility index (Phi) is 9.52. The van der Waals surface area contributed by atoms with Gasteiger partial charge >= 0.3 is 0 Å². The third-order valence-corrected chi connectivity index (χ3v) is 4.75. The first-order chi connectivity index (χ1) is 11.4. The largest absolute Gasteiger partial charge is 0.381 e. The molecule has 1 N–H and O–H groups in total. The van der Waals surface area contributed by atoms with Gasteiger partial charge in [-0.3, -0.25) is 4.99 Å². The maximum Gasteiger partial charge on any atom is 0.193 e. The summed E-state index contributed by atoms with van der Waals surface area (Å²) in [4.78, 5) is 7.11. The highest BCUT2D eigenvalue weighted by molar-refractivity contribution is 14.0. The number of rotatable bonds is 6. The molecule has 25 heavy (non-hydrogen) atoms. The van der Waals surface area contributed by atoms with Gasteiger partial charge in [0.25, 0.3) is 0 Å². The van der Waals surface area contributed by atoms with Gasteiger partial charge in [0.1, 0.15) is 0 Å². The highest BCUT2D eigenvalue weighted by atomic mass is 127.